The van der Waals surface area contributed by atoms with E-state index in [1.807, 2.05) is 20.8 Å². The van der Waals surface area contributed by atoms with E-state index in [2.05, 4.69) is 11.4 Å². The molecule has 4 heteroatoms. The Bertz CT molecular complexity index is 464. The van der Waals surface area contributed by atoms with Crippen molar-refractivity contribution in [1.82, 2.24) is 5.32 Å². The maximum atomic E-state index is 13.2. The molecule has 0 heterocycles. The second-order valence-electron chi connectivity index (χ2n) is 5.38. The smallest absolute Gasteiger partial charge is 0.159 e. The Balaban J connectivity index is 2.65. The number of hydrogen-bond donors (Lipinski definition) is 1. The molecule has 104 valence electrons. The van der Waals surface area contributed by atoms with Gasteiger partial charge in [-0.05, 0) is 24.1 Å². The van der Waals surface area contributed by atoms with Crippen LogP contribution in [0, 0.1) is 28.9 Å². The van der Waals surface area contributed by atoms with Gasteiger partial charge in [0.25, 0.3) is 0 Å². The summed E-state index contributed by atoms with van der Waals surface area (Å²) in [6.45, 7) is 7.10. The van der Waals surface area contributed by atoms with Gasteiger partial charge in [-0.2, -0.15) is 5.26 Å². The third kappa shape index (κ3) is 4.29. The summed E-state index contributed by atoms with van der Waals surface area (Å²) in [6.07, 6.45) is 0.801. The molecule has 1 rings (SSSR count). The van der Waals surface area contributed by atoms with E-state index in [0.717, 1.165) is 18.1 Å². The number of halogens is 2. The minimum absolute atomic E-state index is 0.0132. The lowest BCUT2D eigenvalue weighted by molar-refractivity contribution is 0.438. The van der Waals surface area contributed by atoms with Crippen molar-refractivity contribution in [2.75, 3.05) is 13.1 Å². The van der Waals surface area contributed by atoms with Crippen LogP contribution >= 0.6 is 0 Å². The van der Waals surface area contributed by atoms with Gasteiger partial charge in [0, 0.05) is 18.5 Å². The second-order valence-corrected chi connectivity index (χ2v) is 5.38. The van der Waals surface area contributed by atoms with Crippen molar-refractivity contribution in [3.05, 3.63) is 35.4 Å². The van der Waals surface area contributed by atoms with Crippen LogP contribution in [0.5, 0.6) is 0 Å². The molecular weight excluding hydrogens is 246 g/mol. The zero-order chi connectivity index (χ0) is 14.5. The van der Waals surface area contributed by atoms with Gasteiger partial charge in [-0.1, -0.05) is 26.8 Å². The third-order valence-electron chi connectivity index (χ3n) is 3.33. The highest BCUT2D eigenvalue weighted by Crippen LogP contribution is 2.24. The average molecular weight is 266 g/mol. The molecule has 1 atom stereocenters. The van der Waals surface area contributed by atoms with Crippen molar-refractivity contribution < 1.29 is 8.78 Å². The Kier molecular flexibility index (Phi) is 5.44. The molecule has 1 N–H and O–H groups in total. The summed E-state index contributed by atoms with van der Waals surface area (Å²) in [5, 5.41) is 12.1. The highest BCUT2D eigenvalue weighted by Gasteiger charge is 2.22. The number of rotatable bonds is 6. The molecule has 0 saturated carbocycles. The summed E-state index contributed by atoms with van der Waals surface area (Å²) in [6, 6.07) is 6.21. The molecule has 0 aromatic heterocycles. The van der Waals surface area contributed by atoms with Crippen LogP contribution in [0.2, 0.25) is 0 Å². The van der Waals surface area contributed by atoms with Gasteiger partial charge in [0.2, 0.25) is 0 Å². The maximum absolute atomic E-state index is 13.2. The van der Waals surface area contributed by atoms with Crippen molar-refractivity contribution in [3.8, 4) is 6.07 Å². The van der Waals surface area contributed by atoms with Gasteiger partial charge in [-0.25, -0.2) is 8.78 Å². The molecule has 1 aromatic rings. The summed E-state index contributed by atoms with van der Waals surface area (Å²) in [5.74, 6) is -1.67. The standard InChI is InChI=1S/C15H20F2N2/c1-4-11(8-18)9-19-10-15(2,3)12-5-6-13(16)14(17)7-12/h5-7,11,19H,4,9-10H2,1-3H3. The minimum atomic E-state index is -0.831. The van der Waals surface area contributed by atoms with Crippen LogP contribution in [0.4, 0.5) is 8.78 Å². The number of benzene rings is 1. The summed E-state index contributed by atoms with van der Waals surface area (Å²) < 4.78 is 26.1. The molecule has 0 aliphatic heterocycles. The molecular formula is C15H20F2N2. The quantitative estimate of drug-likeness (QED) is 0.856. The summed E-state index contributed by atoms with van der Waals surface area (Å²) in [4.78, 5) is 0. The molecule has 0 amide bonds. The van der Waals surface area contributed by atoms with Gasteiger partial charge in [0.1, 0.15) is 0 Å². The minimum Gasteiger partial charge on any atom is -0.315 e. The lowest BCUT2D eigenvalue weighted by Gasteiger charge is -2.26. The Morgan fingerprint density at radius 2 is 2.00 bits per heavy atom. The third-order valence-corrected chi connectivity index (χ3v) is 3.33. The lowest BCUT2D eigenvalue weighted by Crippen LogP contribution is -2.35. The zero-order valence-electron chi connectivity index (χ0n) is 11.6. The van der Waals surface area contributed by atoms with E-state index in [0.29, 0.717) is 13.1 Å². The maximum Gasteiger partial charge on any atom is 0.159 e. The highest BCUT2D eigenvalue weighted by atomic mass is 19.2. The molecule has 0 bridgehead atoms. The SMILES string of the molecule is CCC(C#N)CNCC(C)(C)c1ccc(F)c(F)c1. The fourth-order valence-electron chi connectivity index (χ4n) is 1.86. The Hall–Kier alpha value is -1.47. The first-order valence-electron chi connectivity index (χ1n) is 6.46. The first-order chi connectivity index (χ1) is 8.90. The van der Waals surface area contributed by atoms with Crippen LogP contribution in [0.3, 0.4) is 0 Å². The topological polar surface area (TPSA) is 35.8 Å². The lowest BCUT2D eigenvalue weighted by atomic mass is 9.84. The van der Waals surface area contributed by atoms with Crippen molar-refractivity contribution >= 4 is 0 Å². The van der Waals surface area contributed by atoms with Crippen molar-refractivity contribution in [2.45, 2.75) is 32.6 Å². The summed E-state index contributed by atoms with van der Waals surface area (Å²) >= 11 is 0. The van der Waals surface area contributed by atoms with Gasteiger partial charge in [-0.3, -0.25) is 0 Å². The largest absolute Gasteiger partial charge is 0.315 e. The van der Waals surface area contributed by atoms with Crippen LogP contribution in [-0.2, 0) is 5.41 Å². The zero-order valence-corrected chi connectivity index (χ0v) is 11.6. The van der Waals surface area contributed by atoms with Gasteiger partial charge in [0.15, 0.2) is 11.6 Å². The number of nitrogens with zero attached hydrogens (tertiary/aromatic N) is 1. The summed E-state index contributed by atoms with van der Waals surface area (Å²) in [7, 11) is 0. The van der Waals surface area contributed by atoms with E-state index in [-0.39, 0.29) is 11.3 Å². The van der Waals surface area contributed by atoms with E-state index >= 15 is 0 Å². The van der Waals surface area contributed by atoms with E-state index in [4.69, 9.17) is 5.26 Å². The van der Waals surface area contributed by atoms with Crippen LogP contribution in [-0.4, -0.2) is 13.1 Å². The summed E-state index contributed by atoms with van der Waals surface area (Å²) in [5.41, 5.74) is 0.423. The van der Waals surface area contributed by atoms with E-state index in [1.54, 1.807) is 6.07 Å². The first kappa shape index (κ1) is 15.6. The van der Waals surface area contributed by atoms with Gasteiger partial charge >= 0.3 is 0 Å². The second kappa shape index (κ2) is 6.63. The predicted molar refractivity (Wildman–Crippen MR) is 71.6 cm³/mol. The van der Waals surface area contributed by atoms with Crippen molar-refractivity contribution in [3.63, 3.8) is 0 Å². The number of hydrogen-bond acceptors (Lipinski definition) is 2. The van der Waals surface area contributed by atoms with Crippen molar-refractivity contribution in [2.24, 2.45) is 5.92 Å². The molecule has 1 aromatic carbocycles. The molecule has 0 spiro atoms. The normalized spacial score (nSPS) is 13.1. The van der Waals surface area contributed by atoms with E-state index in [1.165, 1.54) is 6.07 Å². The first-order valence-corrected chi connectivity index (χ1v) is 6.46. The molecule has 19 heavy (non-hydrogen) atoms. The van der Waals surface area contributed by atoms with Gasteiger partial charge < -0.3 is 5.32 Å². The number of nitrogens with one attached hydrogen (secondary N) is 1. The highest BCUT2D eigenvalue weighted by molar-refractivity contribution is 5.25. The molecule has 0 fully saturated rings. The van der Waals surface area contributed by atoms with E-state index in [9.17, 15) is 8.78 Å². The monoisotopic (exact) mass is 266 g/mol. The fourth-order valence-corrected chi connectivity index (χ4v) is 1.86. The number of nitriles is 1. The molecule has 0 aliphatic carbocycles. The van der Waals surface area contributed by atoms with Crippen molar-refractivity contribution in [1.29, 1.82) is 5.26 Å². The molecule has 0 saturated heterocycles. The van der Waals surface area contributed by atoms with E-state index < -0.39 is 11.6 Å². The average Bonchev–Trinajstić information content (AvgIpc) is 2.37. The predicted octanol–water partition coefficient (Wildman–Crippen LogP) is 3.38. The van der Waals surface area contributed by atoms with Crippen LogP contribution in [0.1, 0.15) is 32.8 Å². The van der Waals surface area contributed by atoms with Gasteiger partial charge in [-0.15, -0.1) is 0 Å². The van der Waals surface area contributed by atoms with Gasteiger partial charge in [0.05, 0.1) is 12.0 Å². The van der Waals surface area contributed by atoms with Crippen LogP contribution < -0.4 is 5.32 Å². The molecule has 0 radical (unpaired) electrons. The molecule has 2 nitrogen and oxygen atoms in total. The fraction of sp³-hybridized carbons (Fsp3) is 0.533. The Labute approximate surface area is 113 Å². The van der Waals surface area contributed by atoms with Crippen LogP contribution in [0.25, 0.3) is 0 Å². The Morgan fingerprint density at radius 1 is 1.32 bits per heavy atom. The van der Waals surface area contributed by atoms with Crippen LogP contribution in [0.15, 0.2) is 18.2 Å². The Morgan fingerprint density at radius 3 is 2.53 bits per heavy atom. The molecule has 0 aliphatic rings. The molecule has 1 unspecified atom stereocenters.